The number of hydrogen-bond acceptors (Lipinski definition) is 4. The SMILES string of the molecule is CC(=O)N(C)c1ccc(NCc2ccc3c(c2)CC(C)O3)cn1. The molecule has 0 fully saturated rings. The lowest BCUT2D eigenvalue weighted by molar-refractivity contribution is -0.116. The Morgan fingerprint density at radius 2 is 2.22 bits per heavy atom. The second-order valence-corrected chi connectivity index (χ2v) is 5.91. The van der Waals surface area contributed by atoms with Gasteiger partial charge in [-0.25, -0.2) is 4.98 Å². The highest BCUT2D eigenvalue weighted by molar-refractivity contribution is 5.89. The van der Waals surface area contributed by atoms with Gasteiger partial charge in [-0.05, 0) is 36.2 Å². The van der Waals surface area contributed by atoms with Crippen LogP contribution in [0.15, 0.2) is 36.5 Å². The van der Waals surface area contributed by atoms with Crippen LogP contribution in [-0.2, 0) is 17.8 Å². The first kappa shape index (κ1) is 15.3. The second kappa shape index (κ2) is 6.28. The lowest BCUT2D eigenvalue weighted by Gasteiger charge is -2.14. The van der Waals surface area contributed by atoms with Crippen molar-refractivity contribution in [3.8, 4) is 5.75 Å². The van der Waals surface area contributed by atoms with Crippen LogP contribution in [-0.4, -0.2) is 24.0 Å². The fourth-order valence-electron chi connectivity index (χ4n) is 2.64. The molecule has 120 valence electrons. The number of benzene rings is 1. The molecule has 2 heterocycles. The van der Waals surface area contributed by atoms with Gasteiger partial charge in [0.05, 0.1) is 11.9 Å². The van der Waals surface area contributed by atoms with Crippen molar-refractivity contribution < 1.29 is 9.53 Å². The number of amides is 1. The van der Waals surface area contributed by atoms with E-state index < -0.39 is 0 Å². The Kier molecular flexibility index (Phi) is 4.19. The molecule has 1 atom stereocenters. The van der Waals surface area contributed by atoms with Crippen LogP contribution in [0, 0.1) is 0 Å². The third-order valence-corrected chi connectivity index (χ3v) is 4.02. The highest BCUT2D eigenvalue weighted by Gasteiger charge is 2.18. The molecule has 1 aliphatic heterocycles. The molecule has 5 heteroatoms. The van der Waals surface area contributed by atoms with Crippen LogP contribution in [0.4, 0.5) is 11.5 Å². The Balaban J connectivity index is 1.63. The van der Waals surface area contributed by atoms with Crippen molar-refractivity contribution in [1.29, 1.82) is 0 Å². The molecule has 1 aromatic carbocycles. The van der Waals surface area contributed by atoms with E-state index in [0.29, 0.717) is 5.82 Å². The predicted octanol–water partition coefficient (Wildman–Crippen LogP) is 3.00. The van der Waals surface area contributed by atoms with Gasteiger partial charge in [-0.2, -0.15) is 0 Å². The topological polar surface area (TPSA) is 54.5 Å². The first-order valence-corrected chi connectivity index (χ1v) is 7.75. The van der Waals surface area contributed by atoms with Crippen molar-refractivity contribution in [3.05, 3.63) is 47.7 Å². The molecular formula is C18H21N3O2. The number of ether oxygens (including phenoxy) is 1. The van der Waals surface area contributed by atoms with E-state index in [1.54, 1.807) is 13.2 Å². The van der Waals surface area contributed by atoms with Crippen LogP contribution in [0.5, 0.6) is 5.75 Å². The summed E-state index contributed by atoms with van der Waals surface area (Å²) in [4.78, 5) is 17.1. The Morgan fingerprint density at radius 1 is 1.39 bits per heavy atom. The molecule has 1 aromatic heterocycles. The van der Waals surface area contributed by atoms with Crippen LogP contribution in [0.1, 0.15) is 25.0 Å². The molecule has 0 bridgehead atoms. The van der Waals surface area contributed by atoms with E-state index in [2.05, 4.69) is 29.4 Å². The first-order valence-electron chi connectivity index (χ1n) is 7.75. The molecule has 0 saturated heterocycles. The van der Waals surface area contributed by atoms with E-state index in [1.807, 2.05) is 18.2 Å². The average Bonchev–Trinajstić information content (AvgIpc) is 2.92. The van der Waals surface area contributed by atoms with Gasteiger partial charge in [0.25, 0.3) is 0 Å². The minimum absolute atomic E-state index is 0.0344. The molecule has 0 saturated carbocycles. The molecule has 1 amide bonds. The molecule has 1 N–H and O–H groups in total. The summed E-state index contributed by atoms with van der Waals surface area (Å²) in [5.74, 6) is 1.61. The van der Waals surface area contributed by atoms with Crippen molar-refractivity contribution in [2.24, 2.45) is 0 Å². The molecule has 3 rings (SSSR count). The minimum Gasteiger partial charge on any atom is -0.490 e. The van der Waals surface area contributed by atoms with E-state index in [4.69, 9.17) is 4.74 Å². The maximum Gasteiger partial charge on any atom is 0.224 e. The molecular weight excluding hydrogens is 290 g/mol. The fourth-order valence-corrected chi connectivity index (χ4v) is 2.64. The van der Waals surface area contributed by atoms with Crippen molar-refractivity contribution in [1.82, 2.24) is 4.98 Å². The monoisotopic (exact) mass is 311 g/mol. The predicted molar refractivity (Wildman–Crippen MR) is 90.9 cm³/mol. The summed E-state index contributed by atoms with van der Waals surface area (Å²) in [5.41, 5.74) is 3.41. The lowest BCUT2D eigenvalue weighted by Crippen LogP contribution is -2.23. The number of fused-ring (bicyclic) bond motifs is 1. The maximum absolute atomic E-state index is 11.3. The van der Waals surface area contributed by atoms with Gasteiger partial charge in [0.1, 0.15) is 17.7 Å². The molecule has 5 nitrogen and oxygen atoms in total. The van der Waals surface area contributed by atoms with Gasteiger partial charge in [0, 0.05) is 26.9 Å². The van der Waals surface area contributed by atoms with E-state index >= 15 is 0 Å². The quantitative estimate of drug-likeness (QED) is 0.943. The Labute approximate surface area is 136 Å². The number of anilines is 2. The molecule has 1 aliphatic rings. The van der Waals surface area contributed by atoms with E-state index in [9.17, 15) is 4.79 Å². The highest BCUT2D eigenvalue weighted by atomic mass is 16.5. The number of rotatable bonds is 4. The van der Waals surface area contributed by atoms with E-state index in [1.165, 1.54) is 23.0 Å². The van der Waals surface area contributed by atoms with Crippen LogP contribution >= 0.6 is 0 Å². The largest absolute Gasteiger partial charge is 0.490 e. The lowest BCUT2D eigenvalue weighted by atomic mass is 10.1. The van der Waals surface area contributed by atoms with Gasteiger partial charge in [0.15, 0.2) is 0 Å². The zero-order valence-electron chi connectivity index (χ0n) is 13.7. The smallest absolute Gasteiger partial charge is 0.224 e. The highest BCUT2D eigenvalue weighted by Crippen LogP contribution is 2.29. The number of pyridine rings is 1. The molecule has 0 radical (unpaired) electrons. The minimum atomic E-state index is -0.0344. The zero-order valence-corrected chi connectivity index (χ0v) is 13.7. The third kappa shape index (κ3) is 3.44. The van der Waals surface area contributed by atoms with Crippen LogP contribution < -0.4 is 15.0 Å². The zero-order chi connectivity index (χ0) is 16.4. The summed E-state index contributed by atoms with van der Waals surface area (Å²) in [6.45, 7) is 4.33. The van der Waals surface area contributed by atoms with Crippen molar-refractivity contribution in [2.45, 2.75) is 32.9 Å². The number of nitrogens with one attached hydrogen (secondary N) is 1. The summed E-state index contributed by atoms with van der Waals surface area (Å²) in [7, 11) is 1.71. The van der Waals surface area contributed by atoms with Crippen LogP contribution in [0.25, 0.3) is 0 Å². The van der Waals surface area contributed by atoms with Crippen LogP contribution in [0.3, 0.4) is 0 Å². The molecule has 0 aliphatic carbocycles. The van der Waals surface area contributed by atoms with E-state index in [-0.39, 0.29) is 12.0 Å². The summed E-state index contributed by atoms with van der Waals surface area (Å²) in [6, 6.07) is 10.1. The third-order valence-electron chi connectivity index (χ3n) is 4.02. The fraction of sp³-hybridized carbons (Fsp3) is 0.333. The average molecular weight is 311 g/mol. The molecule has 2 aromatic rings. The van der Waals surface area contributed by atoms with E-state index in [0.717, 1.165) is 24.4 Å². The van der Waals surface area contributed by atoms with Gasteiger partial charge in [-0.3, -0.25) is 4.79 Å². The van der Waals surface area contributed by atoms with Gasteiger partial charge in [0.2, 0.25) is 5.91 Å². The van der Waals surface area contributed by atoms with Crippen molar-refractivity contribution in [3.63, 3.8) is 0 Å². The van der Waals surface area contributed by atoms with Gasteiger partial charge in [-0.1, -0.05) is 12.1 Å². The Bertz CT molecular complexity index is 713. The van der Waals surface area contributed by atoms with Gasteiger partial charge >= 0.3 is 0 Å². The van der Waals surface area contributed by atoms with Crippen LogP contribution in [0.2, 0.25) is 0 Å². The van der Waals surface area contributed by atoms with Gasteiger partial charge < -0.3 is 15.0 Å². The summed E-state index contributed by atoms with van der Waals surface area (Å²) >= 11 is 0. The Hall–Kier alpha value is -2.56. The molecule has 1 unspecified atom stereocenters. The number of aromatic nitrogens is 1. The second-order valence-electron chi connectivity index (χ2n) is 5.91. The standard InChI is InChI=1S/C18H21N3O2/c1-12-8-15-9-14(4-6-17(15)23-12)10-19-16-5-7-18(20-11-16)21(3)13(2)22/h4-7,9,11-12,19H,8,10H2,1-3H3. The molecule has 23 heavy (non-hydrogen) atoms. The van der Waals surface area contributed by atoms with Gasteiger partial charge in [-0.15, -0.1) is 0 Å². The number of carbonyl (C=O) groups excluding carboxylic acids is 1. The summed E-state index contributed by atoms with van der Waals surface area (Å²) in [5, 5.41) is 3.35. The number of nitrogens with zero attached hydrogens (tertiary/aromatic N) is 2. The molecule has 0 spiro atoms. The normalized spacial score (nSPS) is 15.7. The number of hydrogen-bond donors (Lipinski definition) is 1. The maximum atomic E-state index is 11.3. The van der Waals surface area contributed by atoms with Crippen molar-refractivity contribution >= 4 is 17.4 Å². The summed E-state index contributed by atoms with van der Waals surface area (Å²) < 4.78 is 5.72. The summed E-state index contributed by atoms with van der Waals surface area (Å²) in [6.07, 6.45) is 2.98. The number of carbonyl (C=O) groups is 1. The van der Waals surface area contributed by atoms with Crippen molar-refractivity contribution in [2.75, 3.05) is 17.3 Å². The first-order chi connectivity index (χ1) is 11.0. The Morgan fingerprint density at radius 3 is 2.91 bits per heavy atom.